The fraction of sp³-hybridized carbons (Fsp3) is 0.538. The van der Waals surface area contributed by atoms with E-state index >= 15 is 0 Å². The molecule has 1 aliphatic heterocycles. The zero-order chi connectivity index (χ0) is 13.8. The zero-order valence-electron chi connectivity index (χ0n) is 12.0. The first kappa shape index (κ1) is 12.6. The van der Waals surface area contributed by atoms with Crippen LogP contribution in [0.1, 0.15) is 27.7 Å². The van der Waals surface area contributed by atoms with Crippen LogP contribution in [0.4, 0.5) is 0 Å². The molecule has 0 atom stereocenters. The monoisotopic (exact) mass is 259 g/mol. The molecule has 1 fully saturated rings. The van der Waals surface area contributed by atoms with E-state index in [0.29, 0.717) is 0 Å². The van der Waals surface area contributed by atoms with Crippen molar-refractivity contribution >= 4 is 23.7 Å². The lowest BCUT2D eigenvalue weighted by molar-refractivity contribution is 0.00578. The summed E-state index contributed by atoms with van der Waals surface area (Å²) in [6.45, 7) is 8.14. The molecule has 0 aromatic carbocycles. The molecule has 0 spiro atoms. The Balaban J connectivity index is 1.97. The molecule has 2 aromatic rings. The largest absolute Gasteiger partial charge is 0.514 e. The summed E-state index contributed by atoms with van der Waals surface area (Å²) in [5.41, 5.74) is 0.788. The van der Waals surface area contributed by atoms with E-state index in [2.05, 4.69) is 10.1 Å². The van der Waals surface area contributed by atoms with Gasteiger partial charge in [-0.25, -0.2) is 4.98 Å². The van der Waals surface area contributed by atoms with Gasteiger partial charge < -0.3 is 9.31 Å². The minimum absolute atomic E-state index is 0.349. The third-order valence-electron chi connectivity index (χ3n) is 4.00. The van der Waals surface area contributed by atoms with Gasteiger partial charge in [0.25, 0.3) is 0 Å². The summed E-state index contributed by atoms with van der Waals surface area (Å²) >= 11 is 0. The minimum Gasteiger partial charge on any atom is -0.398 e. The Labute approximate surface area is 113 Å². The molecular weight excluding hydrogens is 241 g/mol. The Hall–Kier alpha value is -1.40. The van der Waals surface area contributed by atoms with Crippen LogP contribution in [-0.2, 0) is 16.4 Å². The van der Waals surface area contributed by atoms with E-state index in [-0.39, 0.29) is 11.2 Å². The van der Waals surface area contributed by atoms with Gasteiger partial charge in [0, 0.05) is 18.6 Å². The third kappa shape index (κ3) is 1.95. The molecule has 0 bridgehead atoms. The van der Waals surface area contributed by atoms with Crippen LogP contribution in [-0.4, -0.2) is 33.1 Å². The predicted octanol–water partition coefficient (Wildman–Crippen LogP) is 1.27. The summed E-state index contributed by atoms with van der Waals surface area (Å²) in [7, 11) is 1.45. The van der Waals surface area contributed by atoms with E-state index in [1.54, 1.807) is 4.68 Å². The van der Waals surface area contributed by atoms with Crippen molar-refractivity contribution in [3.8, 4) is 0 Å². The summed E-state index contributed by atoms with van der Waals surface area (Å²) in [6, 6.07) is 3.93. The van der Waals surface area contributed by atoms with E-state index in [1.807, 2.05) is 53.1 Å². The van der Waals surface area contributed by atoms with Gasteiger partial charge in [-0.2, -0.15) is 5.10 Å². The maximum absolute atomic E-state index is 5.99. The number of hydrogen-bond donors (Lipinski definition) is 0. The van der Waals surface area contributed by atoms with Gasteiger partial charge in [-0.1, -0.05) is 0 Å². The molecule has 1 aliphatic rings. The van der Waals surface area contributed by atoms with Gasteiger partial charge in [-0.05, 0) is 39.8 Å². The van der Waals surface area contributed by atoms with Gasteiger partial charge in [-0.15, -0.1) is 0 Å². The molecule has 2 aromatic heterocycles. The van der Waals surface area contributed by atoms with Gasteiger partial charge in [0.2, 0.25) is 0 Å². The normalized spacial score (nSPS) is 21.2. The first-order valence-corrected chi connectivity index (χ1v) is 6.44. The van der Waals surface area contributed by atoms with E-state index in [0.717, 1.165) is 16.6 Å². The smallest absolute Gasteiger partial charge is 0.398 e. The summed E-state index contributed by atoms with van der Waals surface area (Å²) in [5.74, 6) is 0. The van der Waals surface area contributed by atoms with Crippen molar-refractivity contribution in [2.45, 2.75) is 38.9 Å². The lowest BCUT2D eigenvalue weighted by Crippen LogP contribution is -2.41. The van der Waals surface area contributed by atoms with Crippen molar-refractivity contribution in [1.82, 2.24) is 14.8 Å². The average molecular weight is 259 g/mol. The second-order valence-electron chi connectivity index (χ2n) is 6.04. The number of fused-ring (bicyclic) bond motifs is 1. The molecule has 6 heteroatoms. The molecule has 1 saturated heterocycles. The zero-order valence-corrected chi connectivity index (χ0v) is 12.0. The number of aromatic nitrogens is 3. The fourth-order valence-corrected chi connectivity index (χ4v) is 2.13. The van der Waals surface area contributed by atoms with Crippen LogP contribution >= 0.6 is 0 Å². The first-order valence-electron chi connectivity index (χ1n) is 6.44. The van der Waals surface area contributed by atoms with Crippen LogP contribution in [0.5, 0.6) is 0 Å². The Morgan fingerprint density at radius 3 is 2.37 bits per heavy atom. The topological polar surface area (TPSA) is 49.2 Å². The van der Waals surface area contributed by atoms with E-state index in [1.165, 1.54) is 0 Å². The molecule has 0 unspecified atom stereocenters. The molecule has 100 valence electrons. The Morgan fingerprint density at radius 1 is 1.11 bits per heavy atom. The predicted molar refractivity (Wildman–Crippen MR) is 74.2 cm³/mol. The maximum atomic E-state index is 5.99. The van der Waals surface area contributed by atoms with Crippen LogP contribution in [0, 0.1) is 0 Å². The quantitative estimate of drug-likeness (QED) is 0.723. The van der Waals surface area contributed by atoms with Crippen LogP contribution in [0.3, 0.4) is 0 Å². The molecule has 0 saturated carbocycles. The number of aryl methyl sites for hydroxylation is 1. The molecule has 3 rings (SSSR count). The number of rotatable bonds is 1. The van der Waals surface area contributed by atoms with Crippen LogP contribution < -0.4 is 5.59 Å². The molecule has 19 heavy (non-hydrogen) atoms. The third-order valence-corrected chi connectivity index (χ3v) is 4.00. The van der Waals surface area contributed by atoms with Gasteiger partial charge in [0.05, 0.1) is 16.8 Å². The second-order valence-corrected chi connectivity index (χ2v) is 6.04. The fourth-order valence-electron chi connectivity index (χ4n) is 2.13. The standard InChI is InChI=1S/C13H18BN3O2/c1-12(2)13(3,4)19-14(18-12)10-7-6-9-8-17(5)16-11(9)15-10/h6-8H,1-5H3. The van der Waals surface area contributed by atoms with Crippen molar-refractivity contribution in [3.63, 3.8) is 0 Å². The second kappa shape index (κ2) is 3.80. The van der Waals surface area contributed by atoms with Gasteiger partial charge in [-0.3, -0.25) is 4.68 Å². The lowest BCUT2D eigenvalue weighted by atomic mass is 9.84. The maximum Gasteiger partial charge on any atom is 0.514 e. The SMILES string of the molecule is Cn1cc2ccc(B3OC(C)(C)C(C)(C)O3)nc2n1. The average Bonchev–Trinajstić information content (AvgIpc) is 2.74. The molecule has 0 radical (unpaired) electrons. The van der Waals surface area contributed by atoms with Crippen LogP contribution in [0.25, 0.3) is 11.0 Å². The molecular formula is C13H18BN3O2. The van der Waals surface area contributed by atoms with Crippen molar-refractivity contribution in [3.05, 3.63) is 18.3 Å². The highest BCUT2D eigenvalue weighted by Gasteiger charge is 2.52. The number of nitrogens with zero attached hydrogens (tertiary/aromatic N) is 3. The molecule has 0 aliphatic carbocycles. The lowest BCUT2D eigenvalue weighted by Gasteiger charge is -2.32. The van der Waals surface area contributed by atoms with E-state index in [9.17, 15) is 0 Å². The van der Waals surface area contributed by atoms with Crippen molar-refractivity contribution in [2.24, 2.45) is 7.05 Å². The highest BCUT2D eigenvalue weighted by molar-refractivity contribution is 6.61. The summed E-state index contributed by atoms with van der Waals surface area (Å²) in [6.07, 6.45) is 1.94. The molecule has 3 heterocycles. The molecule has 5 nitrogen and oxygen atoms in total. The van der Waals surface area contributed by atoms with Crippen LogP contribution in [0.2, 0.25) is 0 Å². The number of pyridine rings is 1. The minimum atomic E-state index is -0.434. The van der Waals surface area contributed by atoms with E-state index < -0.39 is 7.12 Å². The summed E-state index contributed by atoms with van der Waals surface area (Å²) in [4.78, 5) is 4.53. The summed E-state index contributed by atoms with van der Waals surface area (Å²) < 4.78 is 13.7. The van der Waals surface area contributed by atoms with Gasteiger partial charge >= 0.3 is 7.12 Å². The Kier molecular flexibility index (Phi) is 2.53. The molecule has 0 N–H and O–H groups in total. The Morgan fingerprint density at radius 2 is 1.74 bits per heavy atom. The number of hydrogen-bond acceptors (Lipinski definition) is 4. The van der Waals surface area contributed by atoms with Gasteiger partial charge in [0.1, 0.15) is 0 Å². The highest BCUT2D eigenvalue weighted by Crippen LogP contribution is 2.36. The summed E-state index contributed by atoms with van der Waals surface area (Å²) in [5, 5.41) is 5.33. The van der Waals surface area contributed by atoms with Crippen molar-refractivity contribution < 1.29 is 9.31 Å². The van der Waals surface area contributed by atoms with Gasteiger partial charge in [0.15, 0.2) is 5.65 Å². The molecule has 0 amide bonds. The first-order chi connectivity index (χ1) is 8.78. The van der Waals surface area contributed by atoms with Crippen molar-refractivity contribution in [1.29, 1.82) is 0 Å². The highest BCUT2D eigenvalue weighted by atomic mass is 16.7. The van der Waals surface area contributed by atoms with E-state index in [4.69, 9.17) is 9.31 Å². The Bertz CT molecular complexity index is 620. The van der Waals surface area contributed by atoms with Crippen LogP contribution in [0.15, 0.2) is 18.3 Å². The van der Waals surface area contributed by atoms with Crippen molar-refractivity contribution in [2.75, 3.05) is 0 Å².